The number of nitrogens with zero attached hydrogens (tertiary/aromatic N) is 1. The number of benzene rings is 4. The molecule has 0 spiro atoms. The van der Waals surface area contributed by atoms with Crippen molar-refractivity contribution in [3.63, 3.8) is 0 Å². The number of hydrogen-bond donors (Lipinski definition) is 0. The maximum Gasteiger partial charge on any atom is 0.0458 e. The Kier molecular flexibility index (Phi) is 5.63. The highest BCUT2D eigenvalue weighted by Crippen LogP contribution is 2.60. The Morgan fingerprint density at radius 1 is 0.884 bits per heavy atom. The number of allylic oxidation sites excluding steroid dienone is 9. The average molecular weight is 554 g/mol. The first-order valence-electron chi connectivity index (χ1n) is 15.9. The SMILES string of the molecule is C1=CC2CC2C(N(C2=CC3CC3(/C=C/c3ccccc3)C=C2)c2ccc(-c3c4c(cc5ccccc35)C=CCC4)cc2)=C1. The third-order valence-electron chi connectivity index (χ3n) is 10.3. The number of anilines is 1. The highest BCUT2D eigenvalue weighted by molar-refractivity contribution is 6.01. The first kappa shape index (κ1) is 24.9. The Morgan fingerprint density at radius 2 is 1.74 bits per heavy atom. The van der Waals surface area contributed by atoms with Gasteiger partial charge in [0.2, 0.25) is 0 Å². The lowest BCUT2D eigenvalue weighted by Crippen LogP contribution is -2.24. The van der Waals surface area contributed by atoms with Crippen LogP contribution in [0.15, 0.2) is 145 Å². The monoisotopic (exact) mass is 553 g/mol. The number of fused-ring (bicyclic) bond motifs is 4. The van der Waals surface area contributed by atoms with Crippen LogP contribution < -0.4 is 4.90 Å². The molecule has 0 bridgehead atoms. The van der Waals surface area contributed by atoms with E-state index in [0.29, 0.717) is 17.8 Å². The van der Waals surface area contributed by atoms with E-state index in [1.54, 1.807) is 0 Å². The molecular formula is C42H35N. The zero-order chi connectivity index (χ0) is 28.4. The van der Waals surface area contributed by atoms with Gasteiger partial charge in [-0.2, -0.15) is 0 Å². The van der Waals surface area contributed by atoms with Gasteiger partial charge in [-0.05, 0) is 106 Å². The Hall–Kier alpha value is -4.62. The Bertz CT molecular complexity index is 1930. The smallest absolute Gasteiger partial charge is 0.0458 e. The summed E-state index contributed by atoms with van der Waals surface area (Å²) in [6.45, 7) is 0. The second-order valence-corrected chi connectivity index (χ2v) is 12.9. The molecule has 0 N–H and O–H groups in total. The predicted molar refractivity (Wildman–Crippen MR) is 181 cm³/mol. The summed E-state index contributed by atoms with van der Waals surface area (Å²) in [7, 11) is 0. The molecule has 9 rings (SSSR count). The third-order valence-corrected chi connectivity index (χ3v) is 10.3. The Balaban J connectivity index is 1.08. The predicted octanol–water partition coefficient (Wildman–Crippen LogP) is 10.5. The van der Waals surface area contributed by atoms with Crippen LogP contribution in [0.25, 0.3) is 34.1 Å². The lowest BCUT2D eigenvalue weighted by Gasteiger charge is -2.32. The minimum absolute atomic E-state index is 0.166. The van der Waals surface area contributed by atoms with Gasteiger partial charge < -0.3 is 4.90 Å². The average Bonchev–Trinajstić information content (AvgIpc) is 3.99. The lowest BCUT2D eigenvalue weighted by atomic mass is 9.85. The summed E-state index contributed by atoms with van der Waals surface area (Å²) in [5, 5.41) is 2.67. The van der Waals surface area contributed by atoms with Crippen LogP contribution in [0, 0.1) is 23.2 Å². The molecule has 0 amide bonds. The summed E-state index contributed by atoms with van der Waals surface area (Å²) >= 11 is 0. The van der Waals surface area contributed by atoms with Crippen LogP contribution in [-0.2, 0) is 6.42 Å². The van der Waals surface area contributed by atoms with E-state index in [1.807, 2.05) is 0 Å². The first-order chi connectivity index (χ1) is 21.3. The highest BCUT2D eigenvalue weighted by Gasteiger charge is 2.51. The summed E-state index contributed by atoms with van der Waals surface area (Å²) in [6, 6.07) is 31.4. The molecule has 1 heteroatoms. The lowest BCUT2D eigenvalue weighted by molar-refractivity contribution is 0.768. The maximum absolute atomic E-state index is 2.55. The molecule has 0 radical (unpaired) electrons. The molecule has 208 valence electrons. The van der Waals surface area contributed by atoms with Crippen molar-refractivity contribution in [2.45, 2.75) is 25.7 Å². The molecule has 1 nitrogen and oxygen atoms in total. The van der Waals surface area contributed by atoms with E-state index in [2.05, 4.69) is 151 Å². The van der Waals surface area contributed by atoms with Crippen molar-refractivity contribution >= 4 is 28.6 Å². The second kappa shape index (κ2) is 9.71. The molecule has 2 saturated carbocycles. The van der Waals surface area contributed by atoms with E-state index in [0.717, 1.165) is 12.8 Å². The largest absolute Gasteiger partial charge is 0.314 e. The minimum atomic E-state index is 0.166. The standard InChI is InChI=1S/C42H35N/c1-2-9-29(10-3-1)21-23-42-24-22-36(27-34(42)28-42)43(40-16-8-13-33-26-39(33)40)35-19-17-30(18-20-35)41-37-14-6-4-11-31(37)25-32-12-5-7-15-38(32)41/h1-6,8-14,16-25,27,33-34,39H,7,15,26,28H2/b23-21+. The summed E-state index contributed by atoms with van der Waals surface area (Å²) < 4.78 is 0. The van der Waals surface area contributed by atoms with Crippen molar-refractivity contribution in [2.24, 2.45) is 23.2 Å². The summed E-state index contributed by atoms with van der Waals surface area (Å²) in [4.78, 5) is 2.55. The van der Waals surface area contributed by atoms with Gasteiger partial charge in [0.15, 0.2) is 0 Å². The van der Waals surface area contributed by atoms with E-state index in [1.165, 1.54) is 68.5 Å². The van der Waals surface area contributed by atoms with Crippen LogP contribution in [0.5, 0.6) is 0 Å². The van der Waals surface area contributed by atoms with Crippen molar-refractivity contribution < 1.29 is 0 Å². The third kappa shape index (κ3) is 4.29. The fourth-order valence-corrected chi connectivity index (χ4v) is 7.69. The van der Waals surface area contributed by atoms with Crippen LogP contribution >= 0.6 is 0 Å². The molecule has 4 unspecified atom stereocenters. The summed E-state index contributed by atoms with van der Waals surface area (Å²) in [5.41, 5.74) is 11.0. The van der Waals surface area contributed by atoms with Gasteiger partial charge >= 0.3 is 0 Å². The molecule has 5 aliphatic rings. The summed E-state index contributed by atoms with van der Waals surface area (Å²) in [6.07, 6.45) is 28.4. The highest BCUT2D eigenvalue weighted by atomic mass is 15.2. The Labute approximate surface area is 254 Å². The molecule has 2 fully saturated rings. The number of hydrogen-bond acceptors (Lipinski definition) is 1. The van der Waals surface area contributed by atoms with Gasteiger partial charge in [-0.1, -0.05) is 115 Å². The van der Waals surface area contributed by atoms with Gasteiger partial charge in [0.1, 0.15) is 0 Å². The van der Waals surface area contributed by atoms with Crippen molar-refractivity contribution in [1.29, 1.82) is 0 Å². The van der Waals surface area contributed by atoms with Crippen molar-refractivity contribution in [3.8, 4) is 11.1 Å². The zero-order valence-electron chi connectivity index (χ0n) is 24.4. The molecule has 4 atom stereocenters. The second-order valence-electron chi connectivity index (χ2n) is 12.9. The van der Waals surface area contributed by atoms with E-state index in [9.17, 15) is 0 Å². The van der Waals surface area contributed by atoms with Gasteiger partial charge in [-0.25, -0.2) is 0 Å². The maximum atomic E-state index is 2.55. The van der Waals surface area contributed by atoms with E-state index >= 15 is 0 Å². The molecule has 0 heterocycles. The molecule has 0 saturated heterocycles. The van der Waals surface area contributed by atoms with Gasteiger partial charge in [0.25, 0.3) is 0 Å². The quantitative estimate of drug-likeness (QED) is 0.230. The van der Waals surface area contributed by atoms with Gasteiger partial charge in [0, 0.05) is 28.4 Å². The van der Waals surface area contributed by atoms with Crippen molar-refractivity contribution in [1.82, 2.24) is 0 Å². The molecule has 4 aromatic rings. The molecule has 43 heavy (non-hydrogen) atoms. The van der Waals surface area contributed by atoms with E-state index in [4.69, 9.17) is 0 Å². The van der Waals surface area contributed by atoms with Crippen LogP contribution in [0.1, 0.15) is 36.0 Å². The van der Waals surface area contributed by atoms with Crippen LogP contribution in [-0.4, -0.2) is 0 Å². The Morgan fingerprint density at radius 3 is 2.63 bits per heavy atom. The van der Waals surface area contributed by atoms with Crippen LogP contribution in [0.3, 0.4) is 0 Å². The number of rotatable bonds is 6. The van der Waals surface area contributed by atoms with Gasteiger partial charge in [-0.3, -0.25) is 0 Å². The normalized spacial score (nSPS) is 26.0. The molecule has 0 aromatic heterocycles. The fourth-order valence-electron chi connectivity index (χ4n) is 7.69. The van der Waals surface area contributed by atoms with Crippen LogP contribution in [0.2, 0.25) is 0 Å². The summed E-state index contributed by atoms with van der Waals surface area (Å²) in [5.74, 6) is 1.87. The molecule has 4 aromatic carbocycles. The van der Waals surface area contributed by atoms with Gasteiger partial charge in [-0.15, -0.1) is 0 Å². The molecule has 0 aliphatic heterocycles. The molecular weight excluding hydrogens is 518 g/mol. The molecule has 5 aliphatic carbocycles. The van der Waals surface area contributed by atoms with Crippen molar-refractivity contribution in [3.05, 3.63) is 162 Å². The van der Waals surface area contributed by atoms with Crippen LogP contribution in [0.4, 0.5) is 5.69 Å². The topological polar surface area (TPSA) is 3.24 Å². The first-order valence-corrected chi connectivity index (χ1v) is 15.9. The van der Waals surface area contributed by atoms with Crippen molar-refractivity contribution in [2.75, 3.05) is 4.90 Å². The van der Waals surface area contributed by atoms with E-state index in [-0.39, 0.29) is 5.41 Å². The zero-order valence-corrected chi connectivity index (χ0v) is 24.4. The van der Waals surface area contributed by atoms with Gasteiger partial charge in [0.05, 0.1) is 0 Å². The van der Waals surface area contributed by atoms with E-state index < -0.39 is 0 Å². The minimum Gasteiger partial charge on any atom is -0.314 e. The fraction of sp³-hybridized carbons (Fsp3) is 0.190.